The van der Waals surface area contributed by atoms with Crippen LogP contribution in [-0.2, 0) is 11.2 Å². The van der Waals surface area contributed by atoms with Crippen molar-refractivity contribution in [3.05, 3.63) is 66.5 Å². The molecule has 7 nitrogen and oxygen atoms in total. The number of halogens is 3. The fourth-order valence-electron chi connectivity index (χ4n) is 2.42. The van der Waals surface area contributed by atoms with Crippen molar-refractivity contribution in [3.63, 3.8) is 0 Å². The lowest BCUT2D eigenvalue weighted by Crippen LogP contribution is -2.28. The second-order valence-corrected chi connectivity index (χ2v) is 5.56. The molecule has 1 unspecified atom stereocenters. The maximum absolute atomic E-state index is 12.7. The number of nitrogens with one attached hydrogen (secondary N) is 1. The van der Waals surface area contributed by atoms with E-state index in [1.807, 2.05) is 30.3 Å². The molecule has 0 aliphatic carbocycles. The van der Waals surface area contributed by atoms with Crippen molar-refractivity contribution >= 4 is 11.6 Å². The van der Waals surface area contributed by atoms with E-state index in [1.54, 1.807) is 0 Å². The Labute approximate surface area is 151 Å². The number of aromatic nitrogens is 4. The van der Waals surface area contributed by atoms with Crippen LogP contribution in [0.3, 0.4) is 0 Å². The first-order valence-electron chi connectivity index (χ1n) is 7.84. The first kappa shape index (κ1) is 18.4. The lowest BCUT2D eigenvalue weighted by molar-refractivity contribution is -0.274. The van der Waals surface area contributed by atoms with E-state index in [0.29, 0.717) is 12.1 Å². The Kier molecular flexibility index (Phi) is 5.34. The fraction of sp³-hybridized carbons (Fsp3) is 0.176. The maximum atomic E-state index is 12.7. The smallest absolute Gasteiger partial charge is 0.406 e. The van der Waals surface area contributed by atoms with E-state index in [4.69, 9.17) is 0 Å². The van der Waals surface area contributed by atoms with Crippen molar-refractivity contribution in [1.82, 2.24) is 20.2 Å². The first-order valence-corrected chi connectivity index (χ1v) is 7.84. The summed E-state index contributed by atoms with van der Waals surface area (Å²) in [4.78, 5) is 12.7. The molecular weight excluding hydrogens is 363 g/mol. The van der Waals surface area contributed by atoms with Crippen LogP contribution in [0.15, 0.2) is 60.9 Å². The number of tetrazole rings is 1. The minimum Gasteiger partial charge on any atom is -0.406 e. The van der Waals surface area contributed by atoms with Crippen LogP contribution in [0.2, 0.25) is 0 Å². The predicted octanol–water partition coefficient (Wildman–Crippen LogP) is 2.99. The molecule has 3 rings (SSSR count). The number of amides is 1. The average Bonchev–Trinajstić information content (AvgIpc) is 3.15. The Balaban J connectivity index is 1.73. The third-order valence-corrected chi connectivity index (χ3v) is 3.61. The molecule has 27 heavy (non-hydrogen) atoms. The van der Waals surface area contributed by atoms with Gasteiger partial charge < -0.3 is 10.1 Å². The van der Waals surface area contributed by atoms with E-state index >= 15 is 0 Å². The van der Waals surface area contributed by atoms with Crippen LogP contribution in [0, 0.1) is 0 Å². The number of hydrogen-bond acceptors (Lipinski definition) is 5. The van der Waals surface area contributed by atoms with Gasteiger partial charge in [-0.3, -0.25) is 4.79 Å². The number of carbonyl (C=O) groups is 1. The predicted molar refractivity (Wildman–Crippen MR) is 88.8 cm³/mol. The van der Waals surface area contributed by atoms with Gasteiger partial charge in [0.15, 0.2) is 0 Å². The zero-order valence-electron chi connectivity index (χ0n) is 13.8. The van der Waals surface area contributed by atoms with Gasteiger partial charge >= 0.3 is 6.36 Å². The third-order valence-electron chi connectivity index (χ3n) is 3.61. The Morgan fingerprint density at radius 1 is 1.11 bits per heavy atom. The van der Waals surface area contributed by atoms with Crippen molar-refractivity contribution in [2.75, 3.05) is 5.32 Å². The number of nitrogens with zero attached hydrogens (tertiary/aromatic N) is 4. The van der Waals surface area contributed by atoms with E-state index in [0.717, 1.165) is 17.7 Å². The molecule has 140 valence electrons. The lowest BCUT2D eigenvalue weighted by Gasteiger charge is -2.16. The lowest BCUT2D eigenvalue weighted by atomic mass is 10.1. The number of hydrogen-bond donors (Lipinski definition) is 1. The summed E-state index contributed by atoms with van der Waals surface area (Å²) in [5.41, 5.74) is 1.22. The van der Waals surface area contributed by atoms with Crippen LogP contribution in [0.5, 0.6) is 5.75 Å². The van der Waals surface area contributed by atoms with Crippen molar-refractivity contribution in [3.8, 4) is 5.75 Å². The molecule has 1 heterocycles. The molecule has 0 radical (unpaired) electrons. The summed E-state index contributed by atoms with van der Waals surface area (Å²) in [6.45, 7) is 0. The summed E-state index contributed by atoms with van der Waals surface area (Å²) in [6.07, 6.45) is -3.11. The van der Waals surface area contributed by atoms with Gasteiger partial charge in [-0.25, -0.2) is 4.68 Å². The van der Waals surface area contributed by atoms with Gasteiger partial charge in [0.25, 0.3) is 0 Å². The molecule has 0 aliphatic heterocycles. The molecule has 1 amide bonds. The number of alkyl halides is 3. The zero-order chi connectivity index (χ0) is 19.3. The molecular formula is C17H14F3N5O2. The van der Waals surface area contributed by atoms with Crippen LogP contribution in [0.4, 0.5) is 18.9 Å². The second-order valence-electron chi connectivity index (χ2n) is 5.56. The minimum atomic E-state index is -4.77. The molecule has 0 bridgehead atoms. The largest absolute Gasteiger partial charge is 0.573 e. The Hall–Kier alpha value is -3.43. The van der Waals surface area contributed by atoms with E-state index in [-0.39, 0.29) is 5.75 Å². The molecule has 3 aromatic rings. The van der Waals surface area contributed by atoms with Crippen molar-refractivity contribution in [1.29, 1.82) is 0 Å². The molecule has 0 saturated heterocycles. The van der Waals surface area contributed by atoms with Gasteiger partial charge in [-0.15, -0.1) is 18.3 Å². The number of anilines is 1. The zero-order valence-corrected chi connectivity index (χ0v) is 13.8. The minimum absolute atomic E-state index is 0.320. The monoisotopic (exact) mass is 377 g/mol. The summed E-state index contributed by atoms with van der Waals surface area (Å²) in [5.74, 6) is -0.780. The van der Waals surface area contributed by atoms with Gasteiger partial charge in [-0.1, -0.05) is 30.3 Å². The molecule has 2 aromatic carbocycles. The molecule has 10 heteroatoms. The van der Waals surface area contributed by atoms with E-state index in [9.17, 15) is 18.0 Å². The van der Waals surface area contributed by atoms with Gasteiger partial charge in [0.2, 0.25) is 5.91 Å². The third kappa shape index (κ3) is 5.27. The molecule has 1 N–H and O–H groups in total. The topological polar surface area (TPSA) is 81.9 Å². The standard InChI is InChI=1S/C17H14F3N5O2/c18-17(19,20)27-14-8-6-13(7-9-14)22-16(26)15(25-11-21-23-24-25)10-12-4-2-1-3-5-12/h1-9,11,15H,10H2,(H,22,26). The summed E-state index contributed by atoms with van der Waals surface area (Å²) in [6, 6.07) is 13.4. The van der Waals surface area contributed by atoms with E-state index in [1.165, 1.54) is 23.1 Å². The van der Waals surface area contributed by atoms with E-state index in [2.05, 4.69) is 25.6 Å². The average molecular weight is 377 g/mol. The number of carbonyl (C=O) groups excluding carboxylic acids is 1. The second kappa shape index (κ2) is 7.85. The summed E-state index contributed by atoms with van der Waals surface area (Å²) < 4.78 is 41.8. The highest BCUT2D eigenvalue weighted by molar-refractivity contribution is 5.93. The summed E-state index contributed by atoms with van der Waals surface area (Å²) in [7, 11) is 0. The van der Waals surface area contributed by atoms with E-state index < -0.39 is 18.3 Å². The van der Waals surface area contributed by atoms with Crippen molar-refractivity contribution in [2.24, 2.45) is 0 Å². The van der Waals surface area contributed by atoms with Crippen molar-refractivity contribution < 1.29 is 22.7 Å². The van der Waals surface area contributed by atoms with Gasteiger partial charge in [-0.05, 0) is 40.3 Å². The SMILES string of the molecule is O=C(Nc1ccc(OC(F)(F)F)cc1)C(Cc1ccccc1)n1cnnn1. The molecule has 0 fully saturated rings. The van der Waals surface area contributed by atoms with Gasteiger partial charge in [-0.2, -0.15) is 0 Å². The Morgan fingerprint density at radius 3 is 2.41 bits per heavy atom. The van der Waals surface area contributed by atoms with Crippen molar-refractivity contribution in [2.45, 2.75) is 18.8 Å². The van der Waals surface area contributed by atoms with Crippen LogP contribution < -0.4 is 10.1 Å². The molecule has 0 spiro atoms. The Morgan fingerprint density at radius 2 is 1.81 bits per heavy atom. The van der Waals surface area contributed by atoms with Crippen LogP contribution in [-0.4, -0.2) is 32.5 Å². The Bertz CT molecular complexity index is 868. The maximum Gasteiger partial charge on any atom is 0.573 e. The highest BCUT2D eigenvalue weighted by atomic mass is 19.4. The molecule has 1 atom stereocenters. The van der Waals surface area contributed by atoms with Crippen LogP contribution in [0.25, 0.3) is 0 Å². The molecule has 0 saturated carbocycles. The number of rotatable bonds is 6. The highest BCUT2D eigenvalue weighted by Gasteiger charge is 2.31. The summed E-state index contributed by atoms with van der Waals surface area (Å²) in [5, 5.41) is 13.5. The number of ether oxygens (including phenoxy) is 1. The first-order chi connectivity index (χ1) is 12.9. The van der Waals surface area contributed by atoms with Crippen LogP contribution >= 0.6 is 0 Å². The molecule has 1 aromatic heterocycles. The highest BCUT2D eigenvalue weighted by Crippen LogP contribution is 2.24. The number of benzene rings is 2. The summed E-state index contributed by atoms with van der Waals surface area (Å²) >= 11 is 0. The van der Waals surface area contributed by atoms with Crippen LogP contribution in [0.1, 0.15) is 11.6 Å². The fourth-order valence-corrected chi connectivity index (χ4v) is 2.42. The quantitative estimate of drug-likeness (QED) is 0.714. The van der Waals surface area contributed by atoms with Gasteiger partial charge in [0.1, 0.15) is 18.1 Å². The molecule has 0 aliphatic rings. The van der Waals surface area contributed by atoms with Gasteiger partial charge in [0, 0.05) is 12.1 Å². The normalized spacial score (nSPS) is 12.4. The van der Waals surface area contributed by atoms with Gasteiger partial charge in [0.05, 0.1) is 0 Å².